The van der Waals surface area contributed by atoms with E-state index >= 15 is 0 Å². The van der Waals surface area contributed by atoms with Crippen LogP contribution in [-0.4, -0.2) is 30.8 Å². The lowest BCUT2D eigenvalue weighted by atomic mass is 10.3. The monoisotopic (exact) mass is 186 g/mol. The SMILES string of the molecule is CN(C)NCC(O)c1cccs1. The molecule has 0 aliphatic carbocycles. The summed E-state index contributed by atoms with van der Waals surface area (Å²) in [5.41, 5.74) is 3.02. The Hall–Kier alpha value is -0.420. The smallest absolute Gasteiger partial charge is 0.102 e. The second kappa shape index (κ2) is 4.57. The van der Waals surface area contributed by atoms with Gasteiger partial charge in [-0.15, -0.1) is 11.3 Å². The van der Waals surface area contributed by atoms with Crippen LogP contribution in [0.25, 0.3) is 0 Å². The van der Waals surface area contributed by atoms with Crippen LogP contribution < -0.4 is 5.43 Å². The van der Waals surface area contributed by atoms with E-state index in [1.165, 1.54) is 0 Å². The third-order valence-electron chi connectivity index (χ3n) is 1.47. The van der Waals surface area contributed by atoms with Crippen molar-refractivity contribution in [2.45, 2.75) is 6.10 Å². The minimum absolute atomic E-state index is 0.396. The number of aliphatic hydroxyl groups is 1. The van der Waals surface area contributed by atoms with Crippen molar-refractivity contribution < 1.29 is 5.11 Å². The molecule has 1 atom stereocenters. The Kier molecular flexibility index (Phi) is 3.68. The summed E-state index contributed by atoms with van der Waals surface area (Å²) < 4.78 is 0. The topological polar surface area (TPSA) is 35.5 Å². The molecule has 3 nitrogen and oxygen atoms in total. The number of hydrogen-bond donors (Lipinski definition) is 2. The van der Waals surface area contributed by atoms with Crippen LogP contribution in [0.15, 0.2) is 17.5 Å². The Labute approximate surface area is 76.6 Å². The first kappa shape index (κ1) is 9.67. The molecule has 2 N–H and O–H groups in total. The average Bonchev–Trinajstić information content (AvgIpc) is 2.51. The molecule has 1 unspecified atom stereocenters. The highest BCUT2D eigenvalue weighted by Crippen LogP contribution is 2.17. The Morgan fingerprint density at radius 1 is 1.67 bits per heavy atom. The zero-order valence-corrected chi connectivity index (χ0v) is 8.14. The van der Waals surface area contributed by atoms with Crippen molar-refractivity contribution >= 4 is 11.3 Å². The highest BCUT2D eigenvalue weighted by molar-refractivity contribution is 7.10. The van der Waals surface area contributed by atoms with Crippen LogP contribution in [0.5, 0.6) is 0 Å². The highest BCUT2D eigenvalue weighted by atomic mass is 32.1. The van der Waals surface area contributed by atoms with E-state index in [0.29, 0.717) is 6.54 Å². The number of nitrogens with zero attached hydrogens (tertiary/aromatic N) is 1. The van der Waals surface area contributed by atoms with Gasteiger partial charge in [0.2, 0.25) is 0 Å². The van der Waals surface area contributed by atoms with Crippen molar-refractivity contribution in [1.29, 1.82) is 0 Å². The van der Waals surface area contributed by atoms with Crippen molar-refractivity contribution in [2.24, 2.45) is 0 Å². The predicted molar refractivity (Wildman–Crippen MR) is 51.0 cm³/mol. The quantitative estimate of drug-likeness (QED) is 0.684. The minimum Gasteiger partial charge on any atom is -0.386 e. The number of aliphatic hydroxyl groups excluding tert-OH is 1. The Balaban J connectivity index is 2.34. The van der Waals surface area contributed by atoms with E-state index in [4.69, 9.17) is 0 Å². The van der Waals surface area contributed by atoms with Gasteiger partial charge in [-0.3, -0.25) is 10.4 Å². The summed E-state index contributed by atoms with van der Waals surface area (Å²) in [6, 6.07) is 3.88. The molecular formula is C8H14N2OS. The molecule has 1 rings (SSSR count). The van der Waals surface area contributed by atoms with E-state index < -0.39 is 6.10 Å². The molecule has 4 heteroatoms. The zero-order chi connectivity index (χ0) is 8.97. The summed E-state index contributed by atoms with van der Waals surface area (Å²) in [6.45, 7) is 0.563. The third-order valence-corrected chi connectivity index (χ3v) is 2.45. The largest absolute Gasteiger partial charge is 0.386 e. The van der Waals surface area contributed by atoms with E-state index in [9.17, 15) is 5.11 Å². The third kappa shape index (κ3) is 2.91. The van der Waals surface area contributed by atoms with Gasteiger partial charge in [-0.1, -0.05) is 6.07 Å². The van der Waals surface area contributed by atoms with E-state index in [0.717, 1.165) is 4.88 Å². The highest BCUT2D eigenvalue weighted by Gasteiger charge is 2.07. The van der Waals surface area contributed by atoms with Crippen LogP contribution in [0.4, 0.5) is 0 Å². The molecule has 0 bridgehead atoms. The molecule has 0 saturated carbocycles. The minimum atomic E-state index is -0.396. The van der Waals surface area contributed by atoms with Crippen LogP contribution in [0.1, 0.15) is 11.0 Å². The van der Waals surface area contributed by atoms with Crippen molar-refractivity contribution in [3.8, 4) is 0 Å². The first-order chi connectivity index (χ1) is 5.70. The van der Waals surface area contributed by atoms with Gasteiger partial charge < -0.3 is 5.11 Å². The Morgan fingerprint density at radius 3 is 2.92 bits per heavy atom. The molecule has 68 valence electrons. The molecule has 0 aliphatic heterocycles. The standard InChI is InChI=1S/C8H14N2OS/c1-10(2)9-6-7(11)8-4-3-5-12-8/h3-5,7,9,11H,6H2,1-2H3. The molecule has 0 aromatic carbocycles. The van der Waals surface area contributed by atoms with Crippen molar-refractivity contribution in [3.05, 3.63) is 22.4 Å². The second-order valence-corrected chi connectivity index (χ2v) is 3.77. The van der Waals surface area contributed by atoms with Crippen molar-refractivity contribution in [1.82, 2.24) is 10.4 Å². The fraction of sp³-hybridized carbons (Fsp3) is 0.500. The molecular weight excluding hydrogens is 172 g/mol. The number of nitrogens with one attached hydrogen (secondary N) is 1. The molecule has 1 aromatic heterocycles. The lowest BCUT2D eigenvalue weighted by Gasteiger charge is -2.14. The molecule has 0 fully saturated rings. The van der Waals surface area contributed by atoms with Crippen molar-refractivity contribution in [2.75, 3.05) is 20.6 Å². The van der Waals surface area contributed by atoms with Gasteiger partial charge in [-0.05, 0) is 11.4 Å². The fourth-order valence-electron chi connectivity index (χ4n) is 0.851. The maximum absolute atomic E-state index is 9.58. The first-order valence-electron chi connectivity index (χ1n) is 3.82. The lowest BCUT2D eigenvalue weighted by molar-refractivity contribution is 0.144. The van der Waals surface area contributed by atoms with E-state index in [2.05, 4.69) is 5.43 Å². The van der Waals surface area contributed by atoms with Gasteiger partial charge in [-0.2, -0.15) is 0 Å². The van der Waals surface area contributed by atoms with Gasteiger partial charge in [0.25, 0.3) is 0 Å². The fourth-order valence-corrected chi connectivity index (χ4v) is 1.56. The van der Waals surface area contributed by atoms with Gasteiger partial charge in [0.15, 0.2) is 0 Å². The maximum atomic E-state index is 9.58. The van der Waals surface area contributed by atoms with Crippen LogP contribution in [0.3, 0.4) is 0 Å². The van der Waals surface area contributed by atoms with E-state index in [1.807, 2.05) is 36.6 Å². The molecule has 0 amide bonds. The van der Waals surface area contributed by atoms with Crippen LogP contribution in [0, 0.1) is 0 Å². The Bertz CT molecular complexity index is 211. The molecule has 1 heterocycles. The number of hydrazine groups is 1. The summed E-state index contributed by atoms with van der Waals surface area (Å²) in [6.07, 6.45) is -0.396. The molecule has 0 saturated heterocycles. The van der Waals surface area contributed by atoms with Crippen LogP contribution in [-0.2, 0) is 0 Å². The number of thiophene rings is 1. The zero-order valence-electron chi connectivity index (χ0n) is 7.32. The van der Waals surface area contributed by atoms with Gasteiger partial charge >= 0.3 is 0 Å². The molecule has 0 spiro atoms. The average molecular weight is 186 g/mol. The lowest BCUT2D eigenvalue weighted by Crippen LogP contribution is -2.33. The maximum Gasteiger partial charge on any atom is 0.102 e. The normalized spacial score (nSPS) is 13.7. The second-order valence-electron chi connectivity index (χ2n) is 2.79. The summed E-state index contributed by atoms with van der Waals surface area (Å²) >= 11 is 1.57. The van der Waals surface area contributed by atoms with Gasteiger partial charge in [0, 0.05) is 25.5 Å². The van der Waals surface area contributed by atoms with Crippen LogP contribution in [0.2, 0.25) is 0 Å². The number of rotatable bonds is 4. The van der Waals surface area contributed by atoms with Gasteiger partial charge in [-0.25, -0.2) is 0 Å². The first-order valence-corrected chi connectivity index (χ1v) is 4.70. The predicted octanol–water partition coefficient (Wildman–Crippen LogP) is 0.848. The summed E-state index contributed by atoms with van der Waals surface area (Å²) in [7, 11) is 3.81. The molecule has 0 radical (unpaired) electrons. The van der Waals surface area contributed by atoms with Gasteiger partial charge in [0.05, 0.1) is 0 Å². The summed E-state index contributed by atoms with van der Waals surface area (Å²) in [4.78, 5) is 1.00. The molecule has 0 aliphatic rings. The number of hydrogen-bond acceptors (Lipinski definition) is 4. The summed E-state index contributed by atoms with van der Waals surface area (Å²) in [5, 5.41) is 13.4. The van der Waals surface area contributed by atoms with E-state index in [1.54, 1.807) is 11.3 Å². The van der Waals surface area contributed by atoms with Gasteiger partial charge in [0.1, 0.15) is 6.10 Å². The molecule has 1 aromatic rings. The van der Waals surface area contributed by atoms with Crippen LogP contribution >= 0.6 is 11.3 Å². The summed E-state index contributed by atoms with van der Waals surface area (Å²) in [5.74, 6) is 0. The van der Waals surface area contributed by atoms with E-state index in [-0.39, 0.29) is 0 Å². The molecule has 12 heavy (non-hydrogen) atoms. The Morgan fingerprint density at radius 2 is 2.42 bits per heavy atom. The van der Waals surface area contributed by atoms with Crippen molar-refractivity contribution in [3.63, 3.8) is 0 Å².